The third-order valence-corrected chi connectivity index (χ3v) is 5.75. The largest absolute Gasteiger partial charge is 0.465 e. The van der Waals surface area contributed by atoms with E-state index in [0.29, 0.717) is 50.0 Å². The lowest BCUT2D eigenvalue weighted by Gasteiger charge is -2.41. The van der Waals surface area contributed by atoms with Gasteiger partial charge in [0.2, 0.25) is 5.91 Å². The van der Waals surface area contributed by atoms with Crippen molar-refractivity contribution in [3.05, 3.63) is 21.8 Å². The van der Waals surface area contributed by atoms with E-state index in [-0.39, 0.29) is 11.9 Å². The molecule has 2 heterocycles. The molecule has 1 saturated heterocycles. The first kappa shape index (κ1) is 20.1. The second-order valence-corrected chi connectivity index (χ2v) is 7.97. The maximum absolute atomic E-state index is 12.4. The van der Waals surface area contributed by atoms with Gasteiger partial charge in [-0.1, -0.05) is 0 Å². The van der Waals surface area contributed by atoms with E-state index in [0.717, 1.165) is 23.0 Å². The summed E-state index contributed by atoms with van der Waals surface area (Å²) in [5.74, 6) is 0.813. The Labute approximate surface area is 168 Å². The zero-order valence-electron chi connectivity index (χ0n) is 16.0. The number of carbonyl (C=O) groups is 2. The zero-order chi connectivity index (χ0) is 19.6. The summed E-state index contributed by atoms with van der Waals surface area (Å²) in [5.41, 5.74) is 1.46. The summed E-state index contributed by atoms with van der Waals surface area (Å²) in [7, 11) is 2.98. The van der Waals surface area contributed by atoms with Crippen molar-refractivity contribution in [3.63, 3.8) is 0 Å². The van der Waals surface area contributed by atoms with Crippen LogP contribution in [-0.2, 0) is 14.3 Å². The van der Waals surface area contributed by atoms with Gasteiger partial charge in [-0.3, -0.25) is 4.79 Å². The number of piperazine rings is 1. The highest BCUT2D eigenvalue weighted by Crippen LogP contribution is 2.43. The molecule has 1 atom stereocenters. The standard InChI is InChI=1S/C19H26BrN3O4/c1-12-11-22(7-8-23(12)16(24)6-9-26-2)18-14(19(25)27-3)10-15(20)17(21-18)13-4-5-13/h10,12-13H,4-9,11H2,1-3H3/t12-/m1/s1. The molecule has 0 N–H and O–H groups in total. The fourth-order valence-corrected chi connectivity index (χ4v) is 4.13. The van der Waals surface area contributed by atoms with Gasteiger partial charge in [-0.15, -0.1) is 0 Å². The van der Waals surface area contributed by atoms with Crippen LogP contribution >= 0.6 is 15.9 Å². The molecule has 8 heteroatoms. The Morgan fingerprint density at radius 1 is 1.30 bits per heavy atom. The minimum atomic E-state index is -0.396. The summed E-state index contributed by atoms with van der Waals surface area (Å²) in [6, 6.07) is 1.85. The van der Waals surface area contributed by atoms with Gasteiger partial charge in [0.15, 0.2) is 0 Å². The summed E-state index contributed by atoms with van der Waals surface area (Å²) in [4.78, 5) is 33.5. The Morgan fingerprint density at radius 2 is 2.04 bits per heavy atom. The number of rotatable bonds is 6. The lowest BCUT2D eigenvalue weighted by molar-refractivity contribution is -0.134. The van der Waals surface area contributed by atoms with E-state index in [4.69, 9.17) is 14.5 Å². The van der Waals surface area contributed by atoms with E-state index in [9.17, 15) is 9.59 Å². The van der Waals surface area contributed by atoms with Crippen molar-refractivity contribution < 1.29 is 19.1 Å². The van der Waals surface area contributed by atoms with Gasteiger partial charge in [-0.05, 0) is 41.8 Å². The van der Waals surface area contributed by atoms with Crippen molar-refractivity contribution >= 4 is 33.6 Å². The summed E-state index contributed by atoms with van der Waals surface area (Å²) in [6.45, 7) is 4.31. The lowest BCUT2D eigenvalue weighted by Crippen LogP contribution is -2.54. The van der Waals surface area contributed by atoms with E-state index in [1.54, 1.807) is 7.11 Å². The van der Waals surface area contributed by atoms with Crippen LogP contribution in [0.2, 0.25) is 0 Å². The van der Waals surface area contributed by atoms with E-state index < -0.39 is 5.97 Å². The zero-order valence-corrected chi connectivity index (χ0v) is 17.6. The molecule has 27 heavy (non-hydrogen) atoms. The maximum atomic E-state index is 12.4. The number of pyridine rings is 1. The molecule has 1 aliphatic carbocycles. The topological polar surface area (TPSA) is 72.0 Å². The molecular weight excluding hydrogens is 414 g/mol. The fraction of sp³-hybridized carbons (Fsp3) is 0.632. The Bertz CT molecular complexity index is 723. The van der Waals surface area contributed by atoms with Crippen LogP contribution in [0, 0.1) is 0 Å². The van der Waals surface area contributed by atoms with Crippen molar-refractivity contribution in [1.82, 2.24) is 9.88 Å². The Hall–Kier alpha value is -1.67. The van der Waals surface area contributed by atoms with Crippen LogP contribution in [0.3, 0.4) is 0 Å². The second kappa shape index (κ2) is 8.56. The average molecular weight is 440 g/mol. The number of hydrogen-bond acceptors (Lipinski definition) is 6. The van der Waals surface area contributed by atoms with E-state index in [2.05, 4.69) is 20.8 Å². The normalized spacial score (nSPS) is 19.9. The monoisotopic (exact) mass is 439 g/mol. The molecule has 148 valence electrons. The molecule has 0 aromatic carbocycles. The molecule has 7 nitrogen and oxygen atoms in total. The molecule has 3 rings (SSSR count). The van der Waals surface area contributed by atoms with Crippen LogP contribution in [-0.4, -0.2) is 68.3 Å². The highest BCUT2D eigenvalue weighted by molar-refractivity contribution is 9.10. The third-order valence-electron chi connectivity index (χ3n) is 5.12. The summed E-state index contributed by atoms with van der Waals surface area (Å²) in [5, 5.41) is 0. The third kappa shape index (κ3) is 4.43. The maximum Gasteiger partial charge on any atom is 0.341 e. The fourth-order valence-electron chi connectivity index (χ4n) is 3.49. The van der Waals surface area contributed by atoms with Crippen LogP contribution in [0.1, 0.15) is 48.2 Å². The first-order chi connectivity index (χ1) is 13.0. The molecule has 0 unspecified atom stereocenters. The van der Waals surface area contributed by atoms with Crippen LogP contribution in [0.25, 0.3) is 0 Å². The van der Waals surface area contributed by atoms with Crippen molar-refractivity contribution in [1.29, 1.82) is 0 Å². The Kier molecular flexibility index (Phi) is 6.37. The highest BCUT2D eigenvalue weighted by Gasteiger charge is 2.33. The highest BCUT2D eigenvalue weighted by atomic mass is 79.9. The predicted molar refractivity (Wildman–Crippen MR) is 105 cm³/mol. The van der Waals surface area contributed by atoms with E-state index in [1.165, 1.54) is 7.11 Å². The molecule has 0 radical (unpaired) electrons. The number of aromatic nitrogens is 1. The molecule has 1 aromatic heterocycles. The number of hydrogen-bond donors (Lipinski definition) is 0. The molecular formula is C19H26BrN3O4. The van der Waals surface area contributed by atoms with Gasteiger partial charge < -0.3 is 19.3 Å². The molecule has 1 saturated carbocycles. The minimum absolute atomic E-state index is 0.0309. The summed E-state index contributed by atoms with van der Waals surface area (Å²) in [6.07, 6.45) is 2.64. The molecule has 2 aliphatic rings. The van der Waals surface area contributed by atoms with Gasteiger partial charge in [0.1, 0.15) is 11.4 Å². The van der Waals surface area contributed by atoms with Gasteiger partial charge in [0, 0.05) is 43.2 Å². The van der Waals surface area contributed by atoms with Crippen molar-refractivity contribution in [2.45, 2.75) is 38.1 Å². The predicted octanol–water partition coefficient (Wildman–Crippen LogP) is 2.58. The quantitative estimate of drug-likeness (QED) is 0.634. The van der Waals surface area contributed by atoms with Crippen molar-refractivity contribution in [2.75, 3.05) is 45.4 Å². The first-order valence-corrected chi connectivity index (χ1v) is 10.1. The van der Waals surface area contributed by atoms with Gasteiger partial charge in [0.25, 0.3) is 0 Å². The Balaban J connectivity index is 1.82. The molecule has 1 aromatic rings. The number of methoxy groups -OCH3 is 2. The molecule has 0 spiro atoms. The van der Waals surface area contributed by atoms with Crippen LogP contribution < -0.4 is 4.90 Å². The van der Waals surface area contributed by atoms with E-state index >= 15 is 0 Å². The van der Waals surface area contributed by atoms with Gasteiger partial charge >= 0.3 is 5.97 Å². The van der Waals surface area contributed by atoms with Crippen LogP contribution in [0.15, 0.2) is 10.5 Å². The SMILES string of the molecule is COCCC(=O)N1CCN(c2nc(C3CC3)c(Br)cc2C(=O)OC)C[C@H]1C. The van der Waals surface area contributed by atoms with Crippen molar-refractivity contribution in [3.8, 4) is 0 Å². The first-order valence-electron chi connectivity index (χ1n) is 9.28. The number of esters is 1. The second-order valence-electron chi connectivity index (χ2n) is 7.12. The number of nitrogens with zero attached hydrogens (tertiary/aromatic N) is 3. The lowest BCUT2D eigenvalue weighted by atomic mass is 10.1. The molecule has 1 aliphatic heterocycles. The molecule has 1 amide bonds. The number of ether oxygens (including phenoxy) is 2. The van der Waals surface area contributed by atoms with Gasteiger partial charge in [0.05, 0.1) is 25.8 Å². The number of anilines is 1. The minimum Gasteiger partial charge on any atom is -0.465 e. The Morgan fingerprint density at radius 3 is 2.63 bits per heavy atom. The number of carbonyl (C=O) groups excluding carboxylic acids is 2. The number of halogens is 1. The smallest absolute Gasteiger partial charge is 0.341 e. The van der Waals surface area contributed by atoms with Gasteiger partial charge in [-0.2, -0.15) is 0 Å². The summed E-state index contributed by atoms with van der Waals surface area (Å²) < 4.78 is 10.8. The average Bonchev–Trinajstić information content (AvgIpc) is 3.50. The summed E-state index contributed by atoms with van der Waals surface area (Å²) >= 11 is 3.55. The number of amides is 1. The molecule has 2 fully saturated rings. The van der Waals surface area contributed by atoms with Crippen LogP contribution in [0.4, 0.5) is 5.82 Å². The van der Waals surface area contributed by atoms with Gasteiger partial charge in [-0.25, -0.2) is 9.78 Å². The van der Waals surface area contributed by atoms with Crippen molar-refractivity contribution in [2.24, 2.45) is 0 Å². The van der Waals surface area contributed by atoms with E-state index in [1.807, 2.05) is 17.9 Å². The van der Waals surface area contributed by atoms with Crippen LogP contribution in [0.5, 0.6) is 0 Å². The molecule has 0 bridgehead atoms.